The Balaban J connectivity index is 1.34. The van der Waals surface area contributed by atoms with Crippen LogP contribution < -0.4 is 16.0 Å². The lowest BCUT2D eigenvalue weighted by Crippen LogP contribution is -2.35. The first-order valence-electron chi connectivity index (χ1n) is 11.7. The molecule has 0 radical (unpaired) electrons. The first kappa shape index (κ1) is 20.8. The molecule has 32 heavy (non-hydrogen) atoms. The molecule has 1 saturated heterocycles. The molecule has 5 rings (SSSR count). The Hall–Kier alpha value is -3.06. The molecule has 1 aliphatic heterocycles. The number of nitrogens with zero attached hydrogens (tertiary/aromatic N) is 3. The molecule has 0 atom stereocenters. The van der Waals surface area contributed by atoms with Gasteiger partial charge in [-0.1, -0.05) is 31.4 Å². The maximum atomic E-state index is 12.6. The maximum Gasteiger partial charge on any atom is 0.228 e. The largest absolute Gasteiger partial charge is 0.366 e. The highest BCUT2D eigenvalue weighted by Crippen LogP contribution is 2.27. The molecule has 2 aromatic heterocycles. The van der Waals surface area contributed by atoms with Crippen LogP contribution >= 0.6 is 0 Å². The highest BCUT2D eigenvalue weighted by Gasteiger charge is 2.21. The smallest absolute Gasteiger partial charge is 0.228 e. The minimum Gasteiger partial charge on any atom is -0.366 e. The van der Waals surface area contributed by atoms with Crippen LogP contribution in [-0.2, 0) is 4.79 Å². The van der Waals surface area contributed by atoms with Crippen molar-refractivity contribution in [3.63, 3.8) is 0 Å². The summed E-state index contributed by atoms with van der Waals surface area (Å²) in [7, 11) is 0. The minimum absolute atomic E-state index is 0.0928. The molecule has 2 fully saturated rings. The fourth-order valence-corrected chi connectivity index (χ4v) is 4.71. The normalized spacial score (nSPS) is 17.9. The van der Waals surface area contributed by atoms with Crippen molar-refractivity contribution in [1.82, 2.24) is 20.3 Å². The van der Waals surface area contributed by atoms with Crippen molar-refractivity contribution >= 4 is 28.3 Å². The van der Waals surface area contributed by atoms with Gasteiger partial charge in [0.15, 0.2) is 0 Å². The summed E-state index contributed by atoms with van der Waals surface area (Å²) in [6.45, 7) is 2.06. The number of hydrogen-bond acceptors (Lipinski definition) is 6. The van der Waals surface area contributed by atoms with Crippen molar-refractivity contribution in [2.75, 3.05) is 23.7 Å². The predicted octanol–water partition coefficient (Wildman–Crippen LogP) is 4.37. The van der Waals surface area contributed by atoms with E-state index in [1.54, 1.807) is 12.4 Å². The quantitative estimate of drug-likeness (QED) is 0.557. The first-order chi connectivity index (χ1) is 15.7. The van der Waals surface area contributed by atoms with E-state index < -0.39 is 0 Å². The Labute approximate surface area is 188 Å². The highest BCUT2D eigenvalue weighted by molar-refractivity contribution is 5.95. The molecular formula is C25H30N6O. The molecule has 7 heteroatoms. The number of piperidine rings is 1. The zero-order valence-corrected chi connectivity index (χ0v) is 18.3. The summed E-state index contributed by atoms with van der Waals surface area (Å²) in [5, 5.41) is 12.0. The van der Waals surface area contributed by atoms with Crippen LogP contribution in [0.5, 0.6) is 0 Å². The van der Waals surface area contributed by atoms with Crippen molar-refractivity contribution < 1.29 is 4.79 Å². The number of carbonyl (C=O) groups excluding carboxylic acids is 1. The number of benzene rings is 1. The Bertz CT molecular complexity index is 1090. The van der Waals surface area contributed by atoms with Gasteiger partial charge in [-0.05, 0) is 56.3 Å². The number of hydrogen-bond donors (Lipinski definition) is 3. The van der Waals surface area contributed by atoms with Crippen molar-refractivity contribution in [3.05, 3.63) is 42.9 Å². The van der Waals surface area contributed by atoms with Crippen LogP contribution in [0.1, 0.15) is 44.9 Å². The zero-order valence-electron chi connectivity index (χ0n) is 18.3. The molecule has 1 amide bonds. The van der Waals surface area contributed by atoms with Crippen LogP contribution in [0.2, 0.25) is 0 Å². The summed E-state index contributed by atoms with van der Waals surface area (Å²) in [5.74, 6) is 1.62. The second kappa shape index (κ2) is 9.61. The monoisotopic (exact) mass is 430 g/mol. The Morgan fingerprint density at radius 3 is 2.59 bits per heavy atom. The van der Waals surface area contributed by atoms with E-state index in [0.717, 1.165) is 79.5 Å². The van der Waals surface area contributed by atoms with Crippen molar-refractivity contribution in [1.29, 1.82) is 0 Å². The van der Waals surface area contributed by atoms with Crippen molar-refractivity contribution in [2.45, 2.75) is 51.0 Å². The van der Waals surface area contributed by atoms with Gasteiger partial charge >= 0.3 is 0 Å². The molecule has 1 saturated carbocycles. The van der Waals surface area contributed by atoms with E-state index in [1.807, 2.05) is 24.4 Å². The van der Waals surface area contributed by atoms with Crippen LogP contribution in [0.25, 0.3) is 22.0 Å². The minimum atomic E-state index is 0.0928. The van der Waals surface area contributed by atoms with Gasteiger partial charge in [-0.2, -0.15) is 0 Å². The fraction of sp³-hybridized carbons (Fsp3) is 0.440. The van der Waals surface area contributed by atoms with Gasteiger partial charge in [-0.3, -0.25) is 9.78 Å². The second-order valence-electron chi connectivity index (χ2n) is 8.91. The van der Waals surface area contributed by atoms with Crippen LogP contribution in [0, 0.1) is 5.92 Å². The standard InChI is InChI=1S/C25H30N6O/c32-25(17-4-2-1-3-5-17)31-23-13-20-12-18(6-7-19(20)14-28-23)22-15-27-16-24(30-22)29-21-8-10-26-11-9-21/h6-7,12-17,21,26H,1-5,8-11H2,(H,29,30)(H,28,31,32). The summed E-state index contributed by atoms with van der Waals surface area (Å²) in [6, 6.07) is 8.55. The van der Waals surface area contributed by atoms with Crippen molar-refractivity contribution in [2.24, 2.45) is 5.92 Å². The van der Waals surface area contributed by atoms with Gasteiger partial charge < -0.3 is 16.0 Å². The van der Waals surface area contributed by atoms with Gasteiger partial charge in [0.2, 0.25) is 5.91 Å². The Morgan fingerprint density at radius 1 is 0.906 bits per heavy atom. The molecule has 3 N–H and O–H groups in total. The summed E-state index contributed by atoms with van der Waals surface area (Å²) in [6.07, 6.45) is 13.0. The fourth-order valence-electron chi connectivity index (χ4n) is 4.71. The number of pyridine rings is 1. The average Bonchev–Trinajstić information content (AvgIpc) is 2.85. The van der Waals surface area contributed by atoms with Gasteiger partial charge in [0, 0.05) is 29.1 Å². The van der Waals surface area contributed by atoms with E-state index in [-0.39, 0.29) is 11.8 Å². The first-order valence-corrected chi connectivity index (χ1v) is 11.7. The topological polar surface area (TPSA) is 91.8 Å². The van der Waals surface area contributed by atoms with E-state index in [9.17, 15) is 4.79 Å². The SMILES string of the molecule is O=C(Nc1cc2cc(-c3cncc(NC4CCNCC4)n3)ccc2cn1)C1CCCCC1. The summed E-state index contributed by atoms with van der Waals surface area (Å²) < 4.78 is 0. The van der Waals surface area contributed by atoms with E-state index in [0.29, 0.717) is 11.9 Å². The lowest BCUT2D eigenvalue weighted by molar-refractivity contribution is -0.120. The Morgan fingerprint density at radius 2 is 1.75 bits per heavy atom. The second-order valence-corrected chi connectivity index (χ2v) is 8.91. The molecule has 1 aromatic carbocycles. The predicted molar refractivity (Wildman–Crippen MR) is 127 cm³/mol. The third-order valence-electron chi connectivity index (χ3n) is 6.57. The molecule has 0 unspecified atom stereocenters. The zero-order chi connectivity index (χ0) is 21.8. The molecule has 2 aliphatic rings. The van der Waals surface area contributed by atoms with Crippen LogP contribution in [0.4, 0.5) is 11.6 Å². The van der Waals surface area contributed by atoms with E-state index >= 15 is 0 Å². The number of nitrogens with one attached hydrogen (secondary N) is 3. The van der Waals surface area contributed by atoms with Crippen LogP contribution in [-0.4, -0.2) is 40.0 Å². The average molecular weight is 431 g/mol. The van der Waals surface area contributed by atoms with Crippen LogP contribution in [0.15, 0.2) is 42.9 Å². The van der Waals surface area contributed by atoms with Gasteiger partial charge in [0.25, 0.3) is 0 Å². The van der Waals surface area contributed by atoms with Gasteiger partial charge in [-0.25, -0.2) is 9.97 Å². The maximum absolute atomic E-state index is 12.6. The van der Waals surface area contributed by atoms with Gasteiger partial charge in [0.05, 0.1) is 18.1 Å². The molecule has 3 aromatic rings. The number of carbonyl (C=O) groups is 1. The number of fused-ring (bicyclic) bond motifs is 1. The molecule has 7 nitrogen and oxygen atoms in total. The number of rotatable bonds is 5. The third-order valence-corrected chi connectivity index (χ3v) is 6.57. The number of aromatic nitrogens is 3. The molecule has 0 bridgehead atoms. The molecule has 0 spiro atoms. The molecule has 3 heterocycles. The van der Waals surface area contributed by atoms with E-state index in [4.69, 9.17) is 4.98 Å². The summed E-state index contributed by atoms with van der Waals surface area (Å²) >= 11 is 0. The molecule has 166 valence electrons. The van der Waals surface area contributed by atoms with Gasteiger partial charge in [-0.15, -0.1) is 0 Å². The van der Waals surface area contributed by atoms with Crippen LogP contribution in [0.3, 0.4) is 0 Å². The molecular weight excluding hydrogens is 400 g/mol. The van der Waals surface area contributed by atoms with E-state index in [1.165, 1.54) is 6.42 Å². The summed E-state index contributed by atoms with van der Waals surface area (Å²) in [5.41, 5.74) is 1.82. The lowest BCUT2D eigenvalue weighted by atomic mass is 9.89. The third kappa shape index (κ3) is 4.88. The lowest BCUT2D eigenvalue weighted by Gasteiger charge is -2.24. The van der Waals surface area contributed by atoms with Gasteiger partial charge in [0.1, 0.15) is 11.6 Å². The molecule has 1 aliphatic carbocycles. The highest BCUT2D eigenvalue weighted by atomic mass is 16.1. The number of amides is 1. The van der Waals surface area contributed by atoms with E-state index in [2.05, 4.69) is 32.0 Å². The van der Waals surface area contributed by atoms with Crippen molar-refractivity contribution in [3.8, 4) is 11.3 Å². The number of anilines is 2. The Kier molecular flexibility index (Phi) is 6.25. The summed E-state index contributed by atoms with van der Waals surface area (Å²) in [4.78, 5) is 26.3.